The second-order valence-electron chi connectivity index (χ2n) is 7.78. The Labute approximate surface area is 186 Å². The van der Waals surface area contributed by atoms with Crippen molar-refractivity contribution in [3.8, 4) is 0 Å². The van der Waals surface area contributed by atoms with E-state index in [4.69, 9.17) is 0 Å². The molecule has 9 nitrogen and oxygen atoms in total. The summed E-state index contributed by atoms with van der Waals surface area (Å²) in [6.45, 7) is 0.581. The van der Waals surface area contributed by atoms with E-state index >= 15 is 0 Å². The maximum atomic E-state index is 14.6. The highest BCUT2D eigenvalue weighted by Gasteiger charge is 2.27. The van der Waals surface area contributed by atoms with Crippen molar-refractivity contribution in [3.05, 3.63) is 93.2 Å². The molecule has 10 heteroatoms. The molecule has 166 valence electrons. The number of halogens is 1. The van der Waals surface area contributed by atoms with E-state index in [1.54, 1.807) is 28.8 Å². The van der Waals surface area contributed by atoms with Gasteiger partial charge in [0.15, 0.2) is 0 Å². The van der Waals surface area contributed by atoms with Gasteiger partial charge in [-0.05, 0) is 23.8 Å². The molecule has 33 heavy (non-hydrogen) atoms. The zero-order chi connectivity index (χ0) is 23.1. The molecule has 1 aliphatic heterocycles. The van der Waals surface area contributed by atoms with Crippen molar-refractivity contribution in [1.82, 2.24) is 24.6 Å². The van der Waals surface area contributed by atoms with Crippen molar-refractivity contribution >= 4 is 22.6 Å². The normalized spacial score (nSPS) is 13.2. The lowest BCUT2D eigenvalue weighted by atomic mass is 10.0. The van der Waals surface area contributed by atoms with Gasteiger partial charge >= 0.3 is 5.97 Å². The third-order valence-electron chi connectivity index (χ3n) is 5.78. The monoisotopic (exact) mass is 447 g/mol. The fourth-order valence-corrected chi connectivity index (χ4v) is 4.12. The number of nitrogens with zero attached hydrogens (tertiary/aromatic N) is 4. The summed E-state index contributed by atoms with van der Waals surface area (Å²) in [5.74, 6) is -1.80. The molecule has 0 unspecified atom stereocenters. The molecule has 0 spiro atoms. The van der Waals surface area contributed by atoms with E-state index in [1.807, 2.05) is 6.07 Å². The lowest BCUT2D eigenvalue weighted by Crippen LogP contribution is -2.39. The lowest BCUT2D eigenvalue weighted by molar-refractivity contribution is 0.0669. The molecule has 0 aliphatic carbocycles. The molecular formula is C23H18FN5O4. The maximum Gasteiger partial charge on any atom is 0.354 e. The summed E-state index contributed by atoms with van der Waals surface area (Å²) in [6.07, 6.45) is 1.55. The zero-order valence-corrected chi connectivity index (χ0v) is 17.3. The fraction of sp³-hybridized carbons (Fsp3) is 0.174. The molecule has 3 heterocycles. The number of H-pyrrole nitrogens is 1. The standard InChI is InChI=1S/C23H18FN5O4/c24-17-6-5-13(10-18-14-3-1-2-4-15(14)21(30)27-26-18)9-16(17)22(31)28-7-8-29-19(23(32)33)11-25-20(29)12-28/h1-6,9,11H,7-8,10,12H2,(H,27,30)(H,32,33). The number of fused-ring (bicyclic) bond motifs is 2. The van der Waals surface area contributed by atoms with Crippen LogP contribution in [0.25, 0.3) is 10.8 Å². The molecule has 2 N–H and O–H groups in total. The molecule has 0 saturated heterocycles. The van der Waals surface area contributed by atoms with Crippen LogP contribution >= 0.6 is 0 Å². The van der Waals surface area contributed by atoms with Gasteiger partial charge in [0.25, 0.3) is 11.5 Å². The Morgan fingerprint density at radius 1 is 1.12 bits per heavy atom. The minimum Gasteiger partial charge on any atom is -0.477 e. The number of carboxylic acids is 1. The first-order valence-electron chi connectivity index (χ1n) is 10.2. The number of imidazole rings is 1. The second-order valence-corrected chi connectivity index (χ2v) is 7.78. The van der Waals surface area contributed by atoms with Gasteiger partial charge in [-0.3, -0.25) is 9.59 Å². The highest BCUT2D eigenvalue weighted by atomic mass is 19.1. The quantitative estimate of drug-likeness (QED) is 0.495. The largest absolute Gasteiger partial charge is 0.477 e. The summed E-state index contributed by atoms with van der Waals surface area (Å²) in [4.78, 5) is 41.9. The van der Waals surface area contributed by atoms with Crippen molar-refractivity contribution in [2.75, 3.05) is 6.54 Å². The minimum absolute atomic E-state index is 0.0610. The smallest absolute Gasteiger partial charge is 0.354 e. The predicted molar refractivity (Wildman–Crippen MR) is 115 cm³/mol. The minimum atomic E-state index is -1.09. The molecule has 0 fully saturated rings. The average Bonchev–Trinajstić information content (AvgIpc) is 3.25. The van der Waals surface area contributed by atoms with Gasteiger partial charge in [-0.25, -0.2) is 19.3 Å². The van der Waals surface area contributed by atoms with Crippen LogP contribution in [0.15, 0.2) is 53.5 Å². The molecule has 1 amide bonds. The lowest BCUT2D eigenvalue weighted by Gasteiger charge is -2.28. The van der Waals surface area contributed by atoms with E-state index < -0.39 is 17.7 Å². The number of benzene rings is 2. The van der Waals surface area contributed by atoms with Crippen molar-refractivity contribution < 1.29 is 19.1 Å². The van der Waals surface area contributed by atoms with E-state index in [9.17, 15) is 23.9 Å². The number of carbonyl (C=O) groups is 2. The number of nitrogens with one attached hydrogen (secondary N) is 1. The highest BCUT2D eigenvalue weighted by Crippen LogP contribution is 2.22. The summed E-state index contributed by atoms with van der Waals surface area (Å²) in [7, 11) is 0. The maximum absolute atomic E-state index is 14.6. The molecule has 4 aromatic rings. The molecule has 1 aliphatic rings. The van der Waals surface area contributed by atoms with Crippen LogP contribution in [0, 0.1) is 5.82 Å². The van der Waals surface area contributed by atoms with E-state index in [0.29, 0.717) is 34.3 Å². The Hall–Kier alpha value is -4.34. The number of carbonyl (C=O) groups excluding carboxylic acids is 1. The Morgan fingerprint density at radius 2 is 1.91 bits per heavy atom. The van der Waals surface area contributed by atoms with Crippen molar-refractivity contribution in [3.63, 3.8) is 0 Å². The van der Waals surface area contributed by atoms with Gasteiger partial charge in [-0.2, -0.15) is 5.10 Å². The van der Waals surface area contributed by atoms with Gasteiger partial charge in [0.1, 0.15) is 17.3 Å². The molecule has 0 bridgehead atoms. The molecular weight excluding hydrogens is 429 g/mol. The summed E-state index contributed by atoms with van der Waals surface area (Å²) < 4.78 is 16.2. The highest BCUT2D eigenvalue weighted by molar-refractivity contribution is 5.95. The predicted octanol–water partition coefficient (Wildman–Crippen LogP) is 2.20. The number of aromatic carboxylic acids is 1. The van der Waals surface area contributed by atoms with Gasteiger partial charge in [0.2, 0.25) is 0 Å². The van der Waals surface area contributed by atoms with Crippen LogP contribution in [-0.2, 0) is 19.5 Å². The first-order chi connectivity index (χ1) is 15.9. The third kappa shape index (κ3) is 3.65. The molecule has 0 atom stereocenters. The van der Waals surface area contributed by atoms with Gasteiger partial charge in [0, 0.05) is 24.9 Å². The Morgan fingerprint density at radius 3 is 2.70 bits per heavy atom. The zero-order valence-electron chi connectivity index (χ0n) is 17.3. The Kier molecular flexibility index (Phi) is 4.97. The van der Waals surface area contributed by atoms with Crippen molar-refractivity contribution in [2.24, 2.45) is 0 Å². The summed E-state index contributed by atoms with van der Waals surface area (Å²) >= 11 is 0. The van der Waals surface area contributed by atoms with Crippen LogP contribution < -0.4 is 5.56 Å². The third-order valence-corrected chi connectivity index (χ3v) is 5.78. The molecule has 0 saturated carbocycles. The van der Waals surface area contributed by atoms with E-state index in [1.165, 1.54) is 23.2 Å². The summed E-state index contributed by atoms with van der Waals surface area (Å²) in [5, 5.41) is 17.1. The SMILES string of the molecule is O=C(O)c1cnc2n1CCN(C(=O)c1cc(Cc3n[nH]c(=O)c4ccccc34)ccc1F)C2. The van der Waals surface area contributed by atoms with Crippen molar-refractivity contribution in [1.29, 1.82) is 0 Å². The average molecular weight is 447 g/mol. The van der Waals surface area contributed by atoms with Gasteiger partial charge < -0.3 is 14.6 Å². The topological polar surface area (TPSA) is 121 Å². The molecule has 2 aromatic heterocycles. The summed E-state index contributed by atoms with van der Waals surface area (Å²) in [6, 6.07) is 11.4. The van der Waals surface area contributed by atoms with E-state index in [2.05, 4.69) is 15.2 Å². The van der Waals surface area contributed by atoms with Crippen LogP contribution in [0.2, 0.25) is 0 Å². The van der Waals surface area contributed by atoms with Crippen LogP contribution in [0.3, 0.4) is 0 Å². The van der Waals surface area contributed by atoms with Gasteiger partial charge in [-0.1, -0.05) is 24.3 Å². The molecule has 2 aromatic carbocycles. The van der Waals surface area contributed by atoms with E-state index in [0.717, 1.165) is 0 Å². The summed E-state index contributed by atoms with van der Waals surface area (Å²) in [5.41, 5.74) is 0.956. The van der Waals surface area contributed by atoms with Crippen LogP contribution in [0.1, 0.15) is 37.9 Å². The van der Waals surface area contributed by atoms with Crippen molar-refractivity contribution in [2.45, 2.75) is 19.5 Å². The van der Waals surface area contributed by atoms with Crippen LogP contribution in [0.4, 0.5) is 4.39 Å². The number of aromatic amines is 1. The fourth-order valence-electron chi connectivity index (χ4n) is 4.12. The number of carboxylic acid groups (broad SMARTS) is 1. The first-order valence-corrected chi connectivity index (χ1v) is 10.2. The Bertz CT molecular complexity index is 1480. The number of aromatic nitrogens is 4. The molecule has 5 rings (SSSR count). The Balaban J connectivity index is 1.43. The van der Waals surface area contributed by atoms with Crippen LogP contribution in [-0.4, -0.2) is 48.2 Å². The number of hydrogen-bond acceptors (Lipinski definition) is 5. The molecule has 0 radical (unpaired) electrons. The number of hydrogen-bond donors (Lipinski definition) is 2. The number of rotatable bonds is 4. The van der Waals surface area contributed by atoms with Gasteiger partial charge in [0.05, 0.1) is 29.4 Å². The van der Waals surface area contributed by atoms with Crippen LogP contribution in [0.5, 0.6) is 0 Å². The first kappa shape index (κ1) is 20.6. The van der Waals surface area contributed by atoms with Gasteiger partial charge in [-0.15, -0.1) is 0 Å². The van der Waals surface area contributed by atoms with E-state index in [-0.39, 0.29) is 36.5 Å². The number of amides is 1. The second kappa shape index (κ2) is 7.97.